The highest BCUT2D eigenvalue weighted by atomic mass is 31.1. The molecule has 0 radical (unpaired) electrons. The highest BCUT2D eigenvalue weighted by Gasteiger charge is 2.25. The molecule has 0 heterocycles. The zero-order valence-corrected chi connectivity index (χ0v) is 11.5. The Morgan fingerprint density at radius 1 is 1.12 bits per heavy atom. The lowest BCUT2D eigenvalue weighted by molar-refractivity contribution is 0.134. The Bertz CT molecular complexity index is 252. The summed E-state index contributed by atoms with van der Waals surface area (Å²) in [5.74, 6) is 0. The molecule has 0 aliphatic heterocycles. The maximum Gasteiger partial charge on any atom is 0.694 e. The Morgan fingerprint density at radius 2 is 1.71 bits per heavy atom. The van der Waals surface area contributed by atoms with E-state index in [9.17, 15) is 9.13 Å². The van der Waals surface area contributed by atoms with Crippen LogP contribution in [0.3, 0.4) is 0 Å². The largest absolute Gasteiger partial charge is 0.694 e. The number of hydrogen-bond donors (Lipinski definition) is 3. The van der Waals surface area contributed by atoms with E-state index in [1.165, 1.54) is 0 Å². The molecule has 7 nitrogen and oxygen atoms in total. The third-order valence-corrected chi connectivity index (χ3v) is 3.15. The minimum atomic E-state index is -2.64. The minimum absolute atomic E-state index is 0.380. The second kappa shape index (κ2) is 9.97. The van der Waals surface area contributed by atoms with Crippen molar-refractivity contribution >= 4 is 16.5 Å². The third-order valence-electron chi connectivity index (χ3n) is 2.13. The summed E-state index contributed by atoms with van der Waals surface area (Å²) in [5.41, 5.74) is 5.34. The Kier molecular flexibility index (Phi) is 9.97. The molecule has 100 valence electrons. The molecule has 0 rings (SSSR count). The smallest absolute Gasteiger partial charge is 0.330 e. The Hall–Kier alpha value is -0.0000000000000000763. The van der Waals surface area contributed by atoms with Crippen molar-refractivity contribution in [2.24, 2.45) is 5.73 Å². The van der Waals surface area contributed by atoms with Gasteiger partial charge >= 0.3 is 16.5 Å². The fourth-order valence-electron chi connectivity index (χ4n) is 1.35. The summed E-state index contributed by atoms with van der Waals surface area (Å²) in [6.45, 7) is 2.14. The van der Waals surface area contributed by atoms with Gasteiger partial charge in [0.25, 0.3) is 0 Å². The second-order valence-corrected chi connectivity index (χ2v) is 5.00. The van der Waals surface area contributed by atoms with Gasteiger partial charge in [-0.1, -0.05) is 0 Å². The molecule has 0 aromatic rings. The third kappa shape index (κ3) is 10.9. The molecule has 0 saturated carbocycles. The molecule has 0 aliphatic carbocycles. The van der Waals surface area contributed by atoms with Crippen LogP contribution in [0.25, 0.3) is 0 Å². The highest BCUT2D eigenvalue weighted by Crippen LogP contribution is 2.26. The van der Waals surface area contributed by atoms with Crippen LogP contribution >= 0.6 is 16.5 Å². The van der Waals surface area contributed by atoms with E-state index in [4.69, 9.17) is 20.0 Å². The normalized spacial score (nSPS) is 16.5. The average molecular weight is 287 g/mol. The molecule has 0 spiro atoms. The maximum atomic E-state index is 10.6. The van der Waals surface area contributed by atoms with E-state index in [1.54, 1.807) is 6.92 Å². The van der Waals surface area contributed by atoms with Crippen molar-refractivity contribution in [3.8, 4) is 0 Å². The number of rotatable bonds is 10. The van der Waals surface area contributed by atoms with Gasteiger partial charge in [-0.15, -0.1) is 18.8 Å². The van der Waals surface area contributed by atoms with Gasteiger partial charge in [-0.05, 0) is 39.2 Å². The maximum absolute atomic E-state index is 10.6. The first kappa shape index (κ1) is 17.0. The van der Waals surface area contributed by atoms with E-state index < -0.39 is 22.6 Å². The Morgan fingerprint density at radius 3 is 2.18 bits per heavy atom. The van der Waals surface area contributed by atoms with Gasteiger partial charge in [-0.3, -0.25) is 0 Å². The Balaban J connectivity index is 3.96. The topological polar surface area (TPSA) is 119 Å². The van der Waals surface area contributed by atoms with E-state index in [2.05, 4.69) is 4.52 Å². The summed E-state index contributed by atoms with van der Waals surface area (Å²) >= 11 is 0. The zero-order chi connectivity index (χ0) is 13.3. The zero-order valence-electron chi connectivity index (χ0n) is 9.69. The average Bonchev–Trinajstić information content (AvgIpc) is 2.20. The lowest BCUT2D eigenvalue weighted by atomic mass is 10.1. The molecule has 0 fully saturated rings. The monoisotopic (exact) mass is 287 g/mol. The van der Waals surface area contributed by atoms with E-state index in [1.807, 2.05) is 0 Å². The SMILES string of the molecule is C[C@@H](CCC(CCCN)O[P+](=O)O)O[P+](=O)O. The van der Waals surface area contributed by atoms with E-state index in [0.29, 0.717) is 32.2 Å². The standard InChI is InChI=1S/C8H17NO6P2/c1-7(14-16(10)11)4-5-8(3-2-6-9)15-17(12)13/h7-8H,2-6,9H2,1H3/p+2/t7-,8?/m0/s1. The molecular formula is C8H19NO6P2+2. The predicted molar refractivity (Wildman–Crippen MR) is 62.6 cm³/mol. The van der Waals surface area contributed by atoms with Gasteiger partial charge in [0.05, 0.1) is 0 Å². The molecule has 0 aromatic carbocycles. The van der Waals surface area contributed by atoms with Crippen LogP contribution in [0, 0.1) is 0 Å². The van der Waals surface area contributed by atoms with E-state index >= 15 is 0 Å². The predicted octanol–water partition coefficient (Wildman–Crippen LogP) is 1.60. The van der Waals surface area contributed by atoms with Crippen LogP contribution in [0.15, 0.2) is 0 Å². The first-order valence-corrected chi connectivity index (χ1v) is 7.57. The van der Waals surface area contributed by atoms with Crippen molar-refractivity contribution in [1.82, 2.24) is 0 Å². The molecule has 17 heavy (non-hydrogen) atoms. The van der Waals surface area contributed by atoms with Gasteiger partial charge in [-0.2, -0.15) is 0 Å². The van der Waals surface area contributed by atoms with Crippen LogP contribution in [0.5, 0.6) is 0 Å². The van der Waals surface area contributed by atoms with Crippen LogP contribution in [0.4, 0.5) is 0 Å². The summed E-state index contributed by atoms with van der Waals surface area (Å²) in [6, 6.07) is 0. The molecular weight excluding hydrogens is 268 g/mol. The lowest BCUT2D eigenvalue weighted by Gasteiger charge is -2.10. The number of nitrogens with two attached hydrogens (primary N) is 1. The van der Waals surface area contributed by atoms with Gasteiger partial charge < -0.3 is 5.73 Å². The van der Waals surface area contributed by atoms with Gasteiger partial charge in [0, 0.05) is 9.13 Å². The molecule has 0 aliphatic rings. The quantitative estimate of drug-likeness (QED) is 0.522. The number of hydrogen-bond acceptors (Lipinski definition) is 5. The highest BCUT2D eigenvalue weighted by molar-refractivity contribution is 7.32. The van der Waals surface area contributed by atoms with Crippen molar-refractivity contribution in [3.05, 3.63) is 0 Å². The summed E-state index contributed by atoms with van der Waals surface area (Å²) < 4.78 is 30.5. The van der Waals surface area contributed by atoms with Crippen LogP contribution in [0.1, 0.15) is 32.6 Å². The van der Waals surface area contributed by atoms with Crippen molar-refractivity contribution in [2.75, 3.05) is 6.54 Å². The second-order valence-electron chi connectivity index (χ2n) is 3.63. The fourth-order valence-corrected chi connectivity index (χ4v) is 2.23. The van der Waals surface area contributed by atoms with Crippen LogP contribution in [0.2, 0.25) is 0 Å². The Labute approximate surface area is 102 Å². The van der Waals surface area contributed by atoms with Crippen molar-refractivity contribution < 1.29 is 28.0 Å². The van der Waals surface area contributed by atoms with Crippen molar-refractivity contribution in [2.45, 2.75) is 44.8 Å². The van der Waals surface area contributed by atoms with Crippen LogP contribution < -0.4 is 5.73 Å². The minimum Gasteiger partial charge on any atom is -0.330 e. The van der Waals surface area contributed by atoms with Gasteiger partial charge in [0.2, 0.25) is 0 Å². The first-order valence-electron chi connectivity index (χ1n) is 5.31. The molecule has 0 bridgehead atoms. The molecule has 4 N–H and O–H groups in total. The fraction of sp³-hybridized carbons (Fsp3) is 1.00. The van der Waals surface area contributed by atoms with Crippen molar-refractivity contribution in [3.63, 3.8) is 0 Å². The molecule has 0 saturated heterocycles. The molecule has 4 atom stereocenters. The van der Waals surface area contributed by atoms with E-state index in [0.717, 1.165) is 0 Å². The molecule has 0 aromatic heterocycles. The van der Waals surface area contributed by atoms with Gasteiger partial charge in [0.15, 0.2) is 0 Å². The lowest BCUT2D eigenvalue weighted by Crippen LogP contribution is -2.15. The van der Waals surface area contributed by atoms with Crippen LogP contribution in [-0.4, -0.2) is 28.5 Å². The van der Waals surface area contributed by atoms with Crippen LogP contribution in [-0.2, 0) is 18.2 Å². The summed E-state index contributed by atoms with van der Waals surface area (Å²) in [7, 11) is -5.26. The summed E-state index contributed by atoms with van der Waals surface area (Å²) in [4.78, 5) is 17.2. The molecule has 9 heteroatoms. The molecule has 0 amide bonds. The first-order chi connectivity index (χ1) is 7.95. The van der Waals surface area contributed by atoms with Crippen molar-refractivity contribution in [1.29, 1.82) is 0 Å². The summed E-state index contributed by atoms with van der Waals surface area (Å²) in [6.07, 6.45) is 1.44. The van der Waals surface area contributed by atoms with E-state index in [-0.39, 0.29) is 6.10 Å². The van der Waals surface area contributed by atoms with Gasteiger partial charge in [-0.25, -0.2) is 0 Å². The summed E-state index contributed by atoms with van der Waals surface area (Å²) in [5, 5.41) is 0. The molecule has 3 unspecified atom stereocenters. The van der Waals surface area contributed by atoms with Gasteiger partial charge in [0.1, 0.15) is 12.2 Å².